The molecule has 2 rings (SSSR count). The van der Waals surface area contributed by atoms with Gasteiger partial charge in [-0.1, -0.05) is 26.0 Å². The minimum absolute atomic E-state index is 0.0206. The summed E-state index contributed by atoms with van der Waals surface area (Å²) in [5.41, 5.74) is -0.0206. The van der Waals surface area contributed by atoms with Crippen molar-refractivity contribution in [3.63, 3.8) is 0 Å². The van der Waals surface area contributed by atoms with Crippen LogP contribution in [0.1, 0.15) is 49.9 Å². The summed E-state index contributed by atoms with van der Waals surface area (Å²) in [6.07, 6.45) is 3.69. The number of likely N-dealkylation sites (tertiary alicyclic amines) is 1. The van der Waals surface area contributed by atoms with Gasteiger partial charge in [0.05, 0.1) is 5.56 Å². The Morgan fingerprint density at radius 1 is 1.17 bits per heavy atom. The molecule has 1 aromatic carbocycles. The second-order valence-electron chi connectivity index (χ2n) is 6.52. The highest BCUT2D eigenvalue weighted by molar-refractivity contribution is 5.97. The van der Waals surface area contributed by atoms with E-state index >= 15 is 0 Å². The first-order valence-corrected chi connectivity index (χ1v) is 8.33. The Hall–Kier alpha value is -1.91. The molecule has 1 aliphatic rings. The number of carbonyl (C=O) groups excluding carboxylic acids is 2. The van der Waals surface area contributed by atoms with Gasteiger partial charge in [0.1, 0.15) is 11.9 Å². The van der Waals surface area contributed by atoms with Crippen molar-refractivity contribution in [1.82, 2.24) is 10.2 Å². The maximum Gasteiger partial charge on any atom is 0.254 e. The van der Waals surface area contributed by atoms with Gasteiger partial charge >= 0.3 is 0 Å². The lowest BCUT2D eigenvalue weighted by molar-refractivity contribution is -0.134. The van der Waals surface area contributed by atoms with Crippen LogP contribution in [0.4, 0.5) is 4.39 Å². The molecule has 1 fully saturated rings. The van der Waals surface area contributed by atoms with E-state index in [0.717, 1.165) is 32.4 Å². The van der Waals surface area contributed by atoms with E-state index in [2.05, 4.69) is 5.32 Å². The number of hydrogen-bond acceptors (Lipinski definition) is 2. The Balaban J connectivity index is 2.10. The van der Waals surface area contributed by atoms with Gasteiger partial charge in [-0.3, -0.25) is 9.59 Å². The summed E-state index contributed by atoms with van der Waals surface area (Å²) in [5, 5.41) is 2.73. The molecule has 2 amide bonds. The van der Waals surface area contributed by atoms with Gasteiger partial charge in [-0.05, 0) is 43.7 Å². The highest BCUT2D eigenvalue weighted by atomic mass is 19.1. The second kappa shape index (κ2) is 8.09. The molecule has 1 aromatic rings. The van der Waals surface area contributed by atoms with Crippen LogP contribution in [-0.4, -0.2) is 35.8 Å². The van der Waals surface area contributed by atoms with Crippen LogP contribution >= 0.6 is 0 Å². The molecule has 5 heteroatoms. The molecular formula is C18H25FN2O2. The van der Waals surface area contributed by atoms with E-state index in [1.54, 1.807) is 6.07 Å². The minimum atomic E-state index is -0.597. The number of halogens is 1. The van der Waals surface area contributed by atoms with Crippen molar-refractivity contribution in [2.45, 2.75) is 45.6 Å². The molecule has 1 aliphatic heterocycles. The van der Waals surface area contributed by atoms with Crippen molar-refractivity contribution < 1.29 is 14.0 Å². The molecule has 23 heavy (non-hydrogen) atoms. The van der Waals surface area contributed by atoms with E-state index in [-0.39, 0.29) is 17.4 Å². The maximum absolute atomic E-state index is 13.8. The smallest absolute Gasteiger partial charge is 0.254 e. The third-order valence-corrected chi connectivity index (χ3v) is 4.10. The molecule has 0 bridgehead atoms. The number of carbonyl (C=O) groups is 2. The zero-order valence-electron chi connectivity index (χ0n) is 13.8. The first kappa shape index (κ1) is 17.4. The molecule has 1 N–H and O–H groups in total. The molecule has 0 radical (unpaired) electrons. The number of nitrogens with zero attached hydrogens (tertiary/aromatic N) is 1. The van der Waals surface area contributed by atoms with Gasteiger partial charge < -0.3 is 10.2 Å². The molecule has 1 heterocycles. The van der Waals surface area contributed by atoms with Crippen molar-refractivity contribution in [3.05, 3.63) is 35.6 Å². The summed E-state index contributed by atoms with van der Waals surface area (Å²) in [7, 11) is 0. The van der Waals surface area contributed by atoms with Gasteiger partial charge in [-0.25, -0.2) is 4.39 Å². The summed E-state index contributed by atoms with van der Waals surface area (Å²) in [4.78, 5) is 26.8. The fourth-order valence-corrected chi connectivity index (χ4v) is 2.91. The molecule has 0 aliphatic carbocycles. The maximum atomic E-state index is 13.8. The summed E-state index contributed by atoms with van der Waals surface area (Å²) >= 11 is 0. The Bertz CT molecular complexity index is 554. The summed E-state index contributed by atoms with van der Waals surface area (Å²) in [6, 6.07) is 5.24. The molecule has 1 saturated heterocycles. The standard InChI is InChI=1S/C18H25FN2O2/c1-13(2)12-16(18(23)21-10-6-3-7-11-21)20-17(22)14-8-4-5-9-15(14)19/h4-5,8-9,13,16H,3,6-7,10-12H2,1-2H3,(H,20,22)/t16-/m0/s1. The predicted octanol–water partition coefficient (Wildman–Crippen LogP) is 2.98. The summed E-state index contributed by atoms with van der Waals surface area (Å²) in [6.45, 7) is 5.49. The predicted molar refractivity (Wildman–Crippen MR) is 87.5 cm³/mol. The highest BCUT2D eigenvalue weighted by Gasteiger charge is 2.28. The molecular weight excluding hydrogens is 295 g/mol. The number of rotatable bonds is 5. The van der Waals surface area contributed by atoms with Gasteiger partial charge in [-0.15, -0.1) is 0 Å². The topological polar surface area (TPSA) is 49.4 Å². The zero-order valence-corrected chi connectivity index (χ0v) is 13.8. The lowest BCUT2D eigenvalue weighted by atomic mass is 10.0. The van der Waals surface area contributed by atoms with Crippen LogP contribution in [0.2, 0.25) is 0 Å². The first-order chi connectivity index (χ1) is 11.0. The number of piperidine rings is 1. The largest absolute Gasteiger partial charge is 0.341 e. The van der Waals surface area contributed by atoms with E-state index in [1.165, 1.54) is 18.2 Å². The number of benzene rings is 1. The third-order valence-electron chi connectivity index (χ3n) is 4.10. The van der Waals surface area contributed by atoms with Gasteiger partial charge in [0.2, 0.25) is 5.91 Å². The Kier molecular flexibility index (Phi) is 6.13. The highest BCUT2D eigenvalue weighted by Crippen LogP contribution is 2.15. The number of amides is 2. The van der Waals surface area contributed by atoms with Crippen LogP contribution in [0.15, 0.2) is 24.3 Å². The van der Waals surface area contributed by atoms with E-state index in [0.29, 0.717) is 6.42 Å². The zero-order chi connectivity index (χ0) is 16.8. The summed E-state index contributed by atoms with van der Waals surface area (Å²) in [5.74, 6) is -0.893. The lowest BCUT2D eigenvalue weighted by Gasteiger charge is -2.31. The van der Waals surface area contributed by atoms with Crippen molar-refractivity contribution in [2.24, 2.45) is 5.92 Å². The molecule has 0 unspecified atom stereocenters. The average Bonchev–Trinajstić information content (AvgIpc) is 2.54. The van der Waals surface area contributed by atoms with Crippen molar-refractivity contribution in [3.8, 4) is 0 Å². The van der Waals surface area contributed by atoms with Crippen LogP contribution in [-0.2, 0) is 4.79 Å². The first-order valence-electron chi connectivity index (χ1n) is 8.33. The lowest BCUT2D eigenvalue weighted by Crippen LogP contribution is -2.50. The second-order valence-corrected chi connectivity index (χ2v) is 6.52. The Morgan fingerprint density at radius 2 is 1.83 bits per heavy atom. The van der Waals surface area contributed by atoms with E-state index < -0.39 is 17.8 Å². The van der Waals surface area contributed by atoms with Crippen LogP contribution in [0, 0.1) is 11.7 Å². The van der Waals surface area contributed by atoms with Gasteiger partial charge in [-0.2, -0.15) is 0 Å². The minimum Gasteiger partial charge on any atom is -0.341 e. The quantitative estimate of drug-likeness (QED) is 0.907. The summed E-state index contributed by atoms with van der Waals surface area (Å²) < 4.78 is 13.8. The van der Waals surface area contributed by atoms with E-state index in [4.69, 9.17) is 0 Å². The van der Waals surface area contributed by atoms with Crippen LogP contribution in [0.25, 0.3) is 0 Å². The Morgan fingerprint density at radius 3 is 2.43 bits per heavy atom. The van der Waals surface area contributed by atoms with Gasteiger partial charge in [0, 0.05) is 13.1 Å². The number of nitrogens with one attached hydrogen (secondary N) is 1. The molecule has 126 valence electrons. The van der Waals surface area contributed by atoms with Crippen molar-refractivity contribution in [1.29, 1.82) is 0 Å². The molecule has 0 saturated carbocycles. The molecule has 4 nitrogen and oxygen atoms in total. The van der Waals surface area contributed by atoms with Crippen molar-refractivity contribution in [2.75, 3.05) is 13.1 Å². The normalized spacial score (nSPS) is 16.3. The van der Waals surface area contributed by atoms with Crippen molar-refractivity contribution >= 4 is 11.8 Å². The number of hydrogen-bond donors (Lipinski definition) is 1. The van der Waals surface area contributed by atoms with Gasteiger partial charge in [0.15, 0.2) is 0 Å². The van der Waals surface area contributed by atoms with Crippen LogP contribution < -0.4 is 5.32 Å². The SMILES string of the molecule is CC(C)C[C@H](NC(=O)c1ccccc1F)C(=O)N1CCCCC1. The van der Waals surface area contributed by atoms with Crippen LogP contribution in [0.3, 0.4) is 0 Å². The van der Waals surface area contributed by atoms with E-state index in [9.17, 15) is 14.0 Å². The monoisotopic (exact) mass is 320 g/mol. The average molecular weight is 320 g/mol. The molecule has 1 atom stereocenters. The Labute approximate surface area is 137 Å². The molecule has 0 aromatic heterocycles. The fraction of sp³-hybridized carbons (Fsp3) is 0.556. The van der Waals surface area contributed by atoms with Gasteiger partial charge in [0.25, 0.3) is 5.91 Å². The third kappa shape index (κ3) is 4.78. The van der Waals surface area contributed by atoms with Crippen LogP contribution in [0.5, 0.6) is 0 Å². The molecule has 0 spiro atoms. The van der Waals surface area contributed by atoms with E-state index in [1.807, 2.05) is 18.7 Å². The fourth-order valence-electron chi connectivity index (χ4n) is 2.91.